The highest BCUT2D eigenvalue weighted by Gasteiger charge is 2.42. The lowest BCUT2D eigenvalue weighted by atomic mass is 10.1. The largest absolute Gasteiger partial charge is 0.388 e. The Labute approximate surface area is 110 Å². The van der Waals surface area contributed by atoms with E-state index in [9.17, 15) is 9.90 Å². The van der Waals surface area contributed by atoms with E-state index in [-0.39, 0.29) is 17.0 Å². The number of carbonyl (C=O) groups is 1. The first-order chi connectivity index (χ1) is 7.99. The van der Waals surface area contributed by atoms with Gasteiger partial charge in [0.15, 0.2) is 11.6 Å². The van der Waals surface area contributed by atoms with Gasteiger partial charge in [0.05, 0.1) is 4.58 Å². The Bertz CT molecular complexity index is 289. The molecule has 2 aliphatic rings. The molecule has 2 atom stereocenters. The zero-order chi connectivity index (χ0) is 12.5. The fourth-order valence-electron chi connectivity index (χ4n) is 1.84. The lowest BCUT2D eigenvalue weighted by Crippen LogP contribution is -2.53. The Hall–Kier alpha value is 0.250. The van der Waals surface area contributed by atoms with Crippen molar-refractivity contribution in [3.8, 4) is 0 Å². The molecule has 2 fully saturated rings. The molecule has 0 saturated carbocycles. The molecule has 0 spiro atoms. The summed E-state index contributed by atoms with van der Waals surface area (Å²) in [7, 11) is 0. The number of thioether (sulfide) groups is 2. The first kappa shape index (κ1) is 13.7. The number of rotatable bonds is 2. The summed E-state index contributed by atoms with van der Waals surface area (Å²) < 4.78 is 10.8. The summed E-state index contributed by atoms with van der Waals surface area (Å²) in [5.41, 5.74) is 0. The van der Waals surface area contributed by atoms with Gasteiger partial charge in [-0.2, -0.15) is 0 Å². The SMILES string of the molecule is CC1(C)OCC(=O)[C@H]([C@@H](O)C2SCCCS2)O1. The highest BCUT2D eigenvalue weighted by Crippen LogP contribution is 2.36. The number of aliphatic hydroxyl groups is 1. The van der Waals surface area contributed by atoms with Crippen molar-refractivity contribution in [3.05, 3.63) is 0 Å². The molecular weight excluding hydrogens is 260 g/mol. The van der Waals surface area contributed by atoms with E-state index in [2.05, 4.69) is 0 Å². The van der Waals surface area contributed by atoms with Crippen molar-refractivity contribution in [1.29, 1.82) is 0 Å². The van der Waals surface area contributed by atoms with Crippen LogP contribution in [0.3, 0.4) is 0 Å². The first-order valence-electron chi connectivity index (χ1n) is 5.75. The third-order valence-corrected chi connectivity index (χ3v) is 5.81. The van der Waals surface area contributed by atoms with Crippen LogP contribution in [0.4, 0.5) is 0 Å². The lowest BCUT2D eigenvalue weighted by molar-refractivity contribution is -0.269. The van der Waals surface area contributed by atoms with Crippen LogP contribution in [0.25, 0.3) is 0 Å². The van der Waals surface area contributed by atoms with Crippen LogP contribution in [0.2, 0.25) is 0 Å². The lowest BCUT2D eigenvalue weighted by Gasteiger charge is -2.39. The average Bonchev–Trinajstić information content (AvgIpc) is 2.33. The normalized spacial score (nSPS) is 32.4. The standard InChI is InChI=1S/C11H18O4S2/c1-11(2)14-6-7(12)9(15-11)8(13)10-16-4-3-5-17-10/h8-10,13H,3-6H2,1-2H3/t8-,9-/m1/s1. The second-order valence-corrected chi connectivity index (χ2v) is 7.44. The third kappa shape index (κ3) is 3.38. The van der Waals surface area contributed by atoms with Gasteiger partial charge in [0.1, 0.15) is 18.8 Å². The molecule has 6 heteroatoms. The summed E-state index contributed by atoms with van der Waals surface area (Å²) in [4.78, 5) is 11.7. The van der Waals surface area contributed by atoms with Crippen molar-refractivity contribution < 1.29 is 19.4 Å². The summed E-state index contributed by atoms with van der Waals surface area (Å²) in [6.45, 7) is 3.55. The van der Waals surface area contributed by atoms with Crippen LogP contribution >= 0.6 is 23.5 Å². The van der Waals surface area contributed by atoms with Crippen LogP contribution in [-0.2, 0) is 14.3 Å². The van der Waals surface area contributed by atoms with E-state index in [1.54, 1.807) is 37.4 Å². The van der Waals surface area contributed by atoms with Crippen LogP contribution in [0.15, 0.2) is 0 Å². The number of hydrogen-bond acceptors (Lipinski definition) is 6. The Balaban J connectivity index is 2.01. The Kier molecular flexibility index (Phi) is 4.41. The summed E-state index contributed by atoms with van der Waals surface area (Å²) in [5.74, 6) is 1.12. The van der Waals surface area contributed by atoms with Gasteiger partial charge < -0.3 is 14.6 Å². The van der Waals surface area contributed by atoms with Gasteiger partial charge in [-0.25, -0.2) is 0 Å². The molecule has 0 bridgehead atoms. The van der Waals surface area contributed by atoms with E-state index in [0.29, 0.717) is 0 Å². The summed E-state index contributed by atoms with van der Waals surface area (Å²) in [6, 6.07) is 0. The van der Waals surface area contributed by atoms with E-state index in [4.69, 9.17) is 9.47 Å². The second kappa shape index (κ2) is 5.48. The maximum Gasteiger partial charge on any atom is 0.190 e. The molecule has 0 amide bonds. The highest BCUT2D eigenvalue weighted by atomic mass is 32.2. The average molecular weight is 278 g/mol. The van der Waals surface area contributed by atoms with Crippen molar-refractivity contribution in [2.24, 2.45) is 0 Å². The maximum atomic E-state index is 11.7. The monoisotopic (exact) mass is 278 g/mol. The molecule has 0 aromatic heterocycles. The van der Waals surface area contributed by atoms with Crippen LogP contribution in [0.1, 0.15) is 20.3 Å². The molecule has 0 aromatic rings. The fourth-order valence-corrected chi connectivity index (χ4v) is 4.75. The van der Waals surface area contributed by atoms with Gasteiger partial charge in [-0.15, -0.1) is 23.5 Å². The van der Waals surface area contributed by atoms with E-state index in [1.165, 1.54) is 0 Å². The molecule has 2 saturated heterocycles. The number of aliphatic hydroxyl groups excluding tert-OH is 1. The molecule has 1 N–H and O–H groups in total. The van der Waals surface area contributed by atoms with Gasteiger partial charge in [0.2, 0.25) is 0 Å². The van der Waals surface area contributed by atoms with Gasteiger partial charge in [-0.3, -0.25) is 4.79 Å². The number of ketones is 1. The van der Waals surface area contributed by atoms with Crippen LogP contribution in [0.5, 0.6) is 0 Å². The van der Waals surface area contributed by atoms with Crippen LogP contribution in [0, 0.1) is 0 Å². The predicted molar refractivity (Wildman–Crippen MR) is 69.2 cm³/mol. The molecule has 4 nitrogen and oxygen atoms in total. The Morgan fingerprint density at radius 1 is 1.41 bits per heavy atom. The molecule has 2 heterocycles. The number of hydrogen-bond donors (Lipinski definition) is 1. The molecule has 98 valence electrons. The minimum Gasteiger partial charge on any atom is -0.388 e. The fraction of sp³-hybridized carbons (Fsp3) is 0.909. The topological polar surface area (TPSA) is 55.8 Å². The van der Waals surface area contributed by atoms with E-state index in [0.717, 1.165) is 17.9 Å². The molecule has 2 rings (SSSR count). The van der Waals surface area contributed by atoms with Crippen molar-refractivity contribution in [3.63, 3.8) is 0 Å². The van der Waals surface area contributed by atoms with Crippen molar-refractivity contribution in [2.45, 2.75) is 42.8 Å². The van der Waals surface area contributed by atoms with Crippen molar-refractivity contribution >= 4 is 29.3 Å². The summed E-state index contributed by atoms with van der Waals surface area (Å²) in [5, 5.41) is 10.3. The van der Waals surface area contributed by atoms with E-state index < -0.39 is 18.0 Å². The van der Waals surface area contributed by atoms with Gasteiger partial charge in [-0.1, -0.05) is 0 Å². The highest BCUT2D eigenvalue weighted by molar-refractivity contribution is 8.17. The van der Waals surface area contributed by atoms with Gasteiger partial charge in [-0.05, 0) is 31.8 Å². The van der Waals surface area contributed by atoms with Crippen LogP contribution < -0.4 is 0 Å². The van der Waals surface area contributed by atoms with Gasteiger partial charge >= 0.3 is 0 Å². The smallest absolute Gasteiger partial charge is 0.190 e. The maximum absolute atomic E-state index is 11.7. The number of ether oxygens (including phenoxy) is 2. The number of carbonyl (C=O) groups excluding carboxylic acids is 1. The molecule has 0 aliphatic carbocycles. The quantitative estimate of drug-likeness (QED) is 0.821. The zero-order valence-corrected chi connectivity index (χ0v) is 11.7. The first-order valence-corrected chi connectivity index (χ1v) is 7.85. The molecule has 2 aliphatic heterocycles. The van der Waals surface area contributed by atoms with Crippen molar-refractivity contribution in [1.82, 2.24) is 0 Å². The predicted octanol–water partition coefficient (Wildman–Crippen LogP) is 1.26. The number of Topliss-reactive ketones (excluding diaryl/α,β-unsaturated/α-hetero) is 1. The molecular formula is C11H18O4S2. The third-order valence-electron chi connectivity index (χ3n) is 2.73. The van der Waals surface area contributed by atoms with E-state index in [1.807, 2.05) is 0 Å². The summed E-state index contributed by atoms with van der Waals surface area (Å²) in [6.07, 6.45) is -0.338. The van der Waals surface area contributed by atoms with Crippen LogP contribution in [-0.4, -0.2) is 51.6 Å². The molecule has 0 aromatic carbocycles. The minimum absolute atomic E-state index is 0.0246. The van der Waals surface area contributed by atoms with Crippen molar-refractivity contribution in [2.75, 3.05) is 18.1 Å². The zero-order valence-electron chi connectivity index (χ0n) is 10.0. The van der Waals surface area contributed by atoms with Gasteiger partial charge in [0.25, 0.3) is 0 Å². The minimum atomic E-state index is -0.788. The molecule has 0 unspecified atom stereocenters. The second-order valence-electron chi connectivity index (χ2n) is 4.65. The van der Waals surface area contributed by atoms with Gasteiger partial charge in [0, 0.05) is 0 Å². The Morgan fingerprint density at radius 2 is 2.06 bits per heavy atom. The summed E-state index contributed by atoms with van der Waals surface area (Å²) >= 11 is 3.41. The molecule has 0 radical (unpaired) electrons. The Morgan fingerprint density at radius 3 is 2.71 bits per heavy atom. The van der Waals surface area contributed by atoms with E-state index >= 15 is 0 Å². The molecule has 17 heavy (non-hydrogen) atoms.